The number of carbonyl (C=O) groups excluding carboxylic acids is 2. The highest BCUT2D eigenvalue weighted by Crippen LogP contribution is 2.29. The maximum atomic E-state index is 12.0. The molecule has 1 saturated heterocycles. The molecule has 0 unspecified atom stereocenters. The van der Waals surface area contributed by atoms with E-state index in [9.17, 15) is 14.7 Å². The molecule has 1 fully saturated rings. The average Bonchev–Trinajstić information content (AvgIpc) is 3.04. The molecule has 6 nitrogen and oxygen atoms in total. The van der Waals surface area contributed by atoms with Crippen LogP contribution in [0.1, 0.15) is 17.5 Å². The third-order valence-electron chi connectivity index (χ3n) is 4.64. The minimum Gasteiger partial charge on any atom is -0.550 e. The number of carboxylic acids is 1. The van der Waals surface area contributed by atoms with Crippen LogP contribution in [-0.4, -0.2) is 37.0 Å². The van der Waals surface area contributed by atoms with E-state index in [4.69, 9.17) is 9.47 Å². The molecule has 0 aromatic heterocycles. The number of hydrogen-bond acceptors (Lipinski definition) is 5. The molecule has 142 valence electrons. The quantitative estimate of drug-likeness (QED) is 0.704. The van der Waals surface area contributed by atoms with Crippen LogP contribution in [0.3, 0.4) is 0 Å². The second-order valence-corrected chi connectivity index (χ2v) is 6.56. The van der Waals surface area contributed by atoms with Gasteiger partial charge in [0.2, 0.25) is 5.91 Å². The summed E-state index contributed by atoms with van der Waals surface area (Å²) in [7, 11) is 1.57. The topological polar surface area (TPSA) is 78.9 Å². The average molecular weight is 368 g/mol. The van der Waals surface area contributed by atoms with Crippen LogP contribution in [0.4, 0.5) is 0 Å². The number of carbonyl (C=O) groups is 2. The van der Waals surface area contributed by atoms with Gasteiger partial charge in [0, 0.05) is 37.8 Å². The number of nitrogens with zero attached hydrogens (tertiary/aromatic N) is 1. The van der Waals surface area contributed by atoms with Gasteiger partial charge in [0.25, 0.3) is 0 Å². The van der Waals surface area contributed by atoms with Gasteiger partial charge in [-0.3, -0.25) is 4.79 Å². The molecule has 0 aliphatic carbocycles. The zero-order chi connectivity index (χ0) is 19.2. The van der Waals surface area contributed by atoms with E-state index in [0.29, 0.717) is 24.7 Å². The Morgan fingerprint density at radius 1 is 1.15 bits per heavy atom. The normalized spacial score (nSPS) is 16.4. The van der Waals surface area contributed by atoms with Crippen molar-refractivity contribution < 1.29 is 24.2 Å². The molecule has 1 heterocycles. The van der Waals surface area contributed by atoms with Crippen LogP contribution in [0, 0.1) is 5.92 Å². The molecule has 1 aliphatic heterocycles. The highest BCUT2D eigenvalue weighted by Gasteiger charge is 2.30. The first-order chi connectivity index (χ1) is 13.1. The number of amides is 1. The van der Waals surface area contributed by atoms with Gasteiger partial charge in [0.05, 0.1) is 13.7 Å². The summed E-state index contributed by atoms with van der Waals surface area (Å²) in [5.41, 5.74) is 2.05. The van der Waals surface area contributed by atoms with Crippen LogP contribution < -0.4 is 14.6 Å². The number of carboxylic acid groups (broad SMARTS) is 1. The Balaban J connectivity index is 1.60. The summed E-state index contributed by atoms with van der Waals surface area (Å²) in [6.45, 7) is 1.04. The fourth-order valence-corrected chi connectivity index (χ4v) is 3.16. The lowest BCUT2D eigenvalue weighted by molar-refractivity contribution is -0.311. The number of ether oxygens (including phenoxy) is 2. The largest absolute Gasteiger partial charge is 0.550 e. The molecule has 1 atom stereocenters. The summed E-state index contributed by atoms with van der Waals surface area (Å²) >= 11 is 0. The van der Waals surface area contributed by atoms with Crippen LogP contribution in [0.5, 0.6) is 11.5 Å². The molecule has 2 aromatic carbocycles. The summed E-state index contributed by atoms with van der Waals surface area (Å²) in [5, 5.41) is 11.0. The van der Waals surface area contributed by atoms with Crippen molar-refractivity contribution in [2.75, 3.05) is 20.3 Å². The van der Waals surface area contributed by atoms with E-state index < -0.39 is 11.9 Å². The summed E-state index contributed by atoms with van der Waals surface area (Å²) < 4.78 is 11.2. The molecule has 1 aliphatic rings. The van der Waals surface area contributed by atoms with Crippen molar-refractivity contribution in [1.82, 2.24) is 4.90 Å². The van der Waals surface area contributed by atoms with Crippen LogP contribution in [0.15, 0.2) is 48.5 Å². The van der Waals surface area contributed by atoms with E-state index in [-0.39, 0.29) is 18.9 Å². The van der Waals surface area contributed by atoms with E-state index in [1.165, 1.54) is 10.5 Å². The van der Waals surface area contributed by atoms with Crippen molar-refractivity contribution in [3.05, 3.63) is 59.7 Å². The minimum absolute atomic E-state index is 0.000148. The zero-order valence-electron chi connectivity index (χ0n) is 15.2. The fourth-order valence-electron chi connectivity index (χ4n) is 3.16. The minimum atomic E-state index is -1.18. The number of benzene rings is 2. The standard InChI is InChI=1S/C21H23NO5/c1-26-19-11-16(13-22-14-17(21(24)25)12-20(22)23)7-8-18(19)27-10-9-15-5-3-2-4-6-15/h2-8,11,17H,9-10,12-14H2,1H3,(H,24,25)/p-1/t17-/m0/s1. The highest BCUT2D eigenvalue weighted by atomic mass is 16.5. The Bertz CT molecular complexity index is 805. The molecule has 6 heteroatoms. The Labute approximate surface area is 158 Å². The van der Waals surface area contributed by atoms with Crippen LogP contribution in [0.2, 0.25) is 0 Å². The molecule has 0 saturated carbocycles. The van der Waals surface area contributed by atoms with Gasteiger partial charge in [-0.2, -0.15) is 0 Å². The lowest BCUT2D eigenvalue weighted by Gasteiger charge is -2.18. The van der Waals surface area contributed by atoms with E-state index in [1.807, 2.05) is 36.4 Å². The summed E-state index contributed by atoms with van der Waals surface area (Å²) in [5.74, 6) is -0.863. The predicted molar refractivity (Wildman–Crippen MR) is 97.2 cm³/mol. The fraction of sp³-hybridized carbons (Fsp3) is 0.333. The number of methoxy groups -OCH3 is 1. The third-order valence-corrected chi connectivity index (χ3v) is 4.64. The first-order valence-corrected chi connectivity index (χ1v) is 8.89. The number of aliphatic carboxylic acids is 1. The van der Waals surface area contributed by atoms with Crippen molar-refractivity contribution in [3.63, 3.8) is 0 Å². The molecular weight excluding hydrogens is 346 g/mol. The Hall–Kier alpha value is -3.02. The summed E-state index contributed by atoms with van der Waals surface area (Å²) in [4.78, 5) is 24.5. The second-order valence-electron chi connectivity index (χ2n) is 6.56. The van der Waals surface area contributed by atoms with Gasteiger partial charge < -0.3 is 24.3 Å². The first kappa shape index (κ1) is 18.8. The van der Waals surface area contributed by atoms with E-state index in [2.05, 4.69) is 12.1 Å². The van der Waals surface area contributed by atoms with Gasteiger partial charge in [0.1, 0.15) is 0 Å². The Kier molecular flexibility index (Phi) is 5.96. The Morgan fingerprint density at radius 2 is 1.93 bits per heavy atom. The third kappa shape index (κ3) is 4.78. The van der Waals surface area contributed by atoms with Gasteiger partial charge in [-0.15, -0.1) is 0 Å². The first-order valence-electron chi connectivity index (χ1n) is 8.89. The van der Waals surface area contributed by atoms with Crippen molar-refractivity contribution >= 4 is 11.9 Å². The maximum absolute atomic E-state index is 12.0. The van der Waals surface area contributed by atoms with Crippen molar-refractivity contribution in [1.29, 1.82) is 0 Å². The highest BCUT2D eigenvalue weighted by molar-refractivity contribution is 5.85. The zero-order valence-corrected chi connectivity index (χ0v) is 15.2. The van der Waals surface area contributed by atoms with E-state index >= 15 is 0 Å². The number of hydrogen-bond donors (Lipinski definition) is 0. The summed E-state index contributed by atoms with van der Waals surface area (Å²) in [6.07, 6.45) is 0.790. The maximum Gasteiger partial charge on any atom is 0.223 e. The number of rotatable bonds is 8. The molecule has 2 aromatic rings. The molecule has 3 rings (SSSR count). The van der Waals surface area contributed by atoms with Crippen LogP contribution in [0.25, 0.3) is 0 Å². The molecule has 27 heavy (non-hydrogen) atoms. The lowest BCUT2D eigenvalue weighted by atomic mass is 10.1. The molecule has 0 bridgehead atoms. The van der Waals surface area contributed by atoms with Crippen molar-refractivity contribution in [2.24, 2.45) is 5.92 Å². The summed E-state index contributed by atoms with van der Waals surface area (Å²) in [6, 6.07) is 15.6. The molecule has 1 amide bonds. The van der Waals surface area contributed by atoms with Crippen LogP contribution in [-0.2, 0) is 22.6 Å². The SMILES string of the molecule is COc1cc(CN2C[C@@H](C(=O)[O-])CC2=O)ccc1OCCc1ccccc1. The van der Waals surface area contributed by atoms with E-state index in [0.717, 1.165) is 12.0 Å². The molecular formula is C21H22NO5-. The molecule has 0 radical (unpaired) electrons. The molecule has 0 N–H and O–H groups in total. The van der Waals surface area contributed by atoms with Crippen molar-refractivity contribution in [2.45, 2.75) is 19.4 Å². The predicted octanol–water partition coefficient (Wildman–Crippen LogP) is 1.42. The monoisotopic (exact) mass is 368 g/mol. The van der Waals surface area contributed by atoms with Gasteiger partial charge in [-0.25, -0.2) is 0 Å². The van der Waals surface area contributed by atoms with Gasteiger partial charge >= 0.3 is 0 Å². The lowest BCUT2D eigenvalue weighted by Crippen LogP contribution is -2.33. The van der Waals surface area contributed by atoms with E-state index in [1.54, 1.807) is 7.11 Å². The van der Waals surface area contributed by atoms with Crippen molar-refractivity contribution in [3.8, 4) is 11.5 Å². The van der Waals surface area contributed by atoms with Crippen LogP contribution >= 0.6 is 0 Å². The Morgan fingerprint density at radius 3 is 2.59 bits per heavy atom. The van der Waals surface area contributed by atoms with Gasteiger partial charge in [0.15, 0.2) is 11.5 Å². The molecule has 0 spiro atoms. The number of likely N-dealkylation sites (tertiary alicyclic amines) is 1. The second kappa shape index (κ2) is 8.58. The van der Waals surface area contributed by atoms with Gasteiger partial charge in [-0.1, -0.05) is 36.4 Å². The smallest absolute Gasteiger partial charge is 0.223 e. The van der Waals surface area contributed by atoms with Gasteiger partial charge in [-0.05, 0) is 23.3 Å².